The maximum Gasteiger partial charge on any atom is 0.0355 e. The summed E-state index contributed by atoms with van der Waals surface area (Å²) < 4.78 is 0. The average Bonchev–Trinajstić information content (AvgIpc) is 2.42. The van der Waals surface area contributed by atoms with Crippen LogP contribution in [0.4, 0.5) is 0 Å². The van der Waals surface area contributed by atoms with Gasteiger partial charge in [-0.1, -0.05) is 37.3 Å². The van der Waals surface area contributed by atoms with Crippen molar-refractivity contribution in [3.8, 4) is 0 Å². The standard InChI is InChI=1S/C15H24N2S/c1-13(12-17-8-10-18-11-9-17)15(16-2)14-6-4-3-5-7-14/h3-7,13,15-16H,8-12H2,1-2H3/t13-,15+/m0/s1. The van der Waals surface area contributed by atoms with Gasteiger partial charge in [0.15, 0.2) is 0 Å². The molecule has 2 nitrogen and oxygen atoms in total. The van der Waals surface area contributed by atoms with Crippen LogP contribution in [0.25, 0.3) is 0 Å². The van der Waals surface area contributed by atoms with Gasteiger partial charge in [-0.2, -0.15) is 11.8 Å². The number of nitrogens with one attached hydrogen (secondary N) is 1. The molecule has 0 aromatic heterocycles. The molecule has 1 N–H and O–H groups in total. The molecule has 2 atom stereocenters. The lowest BCUT2D eigenvalue weighted by Crippen LogP contribution is -2.39. The smallest absolute Gasteiger partial charge is 0.0355 e. The van der Waals surface area contributed by atoms with Crippen molar-refractivity contribution in [3.63, 3.8) is 0 Å². The summed E-state index contributed by atoms with van der Waals surface area (Å²) in [5, 5.41) is 3.48. The molecule has 0 amide bonds. The first-order valence-corrected chi connectivity index (χ1v) is 7.99. The highest BCUT2D eigenvalue weighted by Crippen LogP contribution is 2.23. The summed E-state index contributed by atoms with van der Waals surface area (Å²) in [6.45, 7) is 6.05. The summed E-state index contributed by atoms with van der Waals surface area (Å²) in [5.41, 5.74) is 1.40. The molecule has 1 aromatic rings. The summed E-state index contributed by atoms with van der Waals surface area (Å²) in [6.07, 6.45) is 0. The highest BCUT2D eigenvalue weighted by atomic mass is 32.2. The van der Waals surface area contributed by atoms with Crippen molar-refractivity contribution < 1.29 is 0 Å². The molecule has 18 heavy (non-hydrogen) atoms. The molecule has 1 heterocycles. The normalized spacial score (nSPS) is 20.6. The van der Waals surface area contributed by atoms with E-state index in [1.807, 2.05) is 0 Å². The van der Waals surface area contributed by atoms with Crippen molar-refractivity contribution in [2.75, 3.05) is 38.2 Å². The van der Waals surface area contributed by atoms with Gasteiger partial charge in [-0.05, 0) is 18.5 Å². The molecule has 0 unspecified atom stereocenters. The average molecular weight is 264 g/mol. The lowest BCUT2D eigenvalue weighted by Gasteiger charge is -2.32. The van der Waals surface area contributed by atoms with Crippen LogP contribution in [0, 0.1) is 5.92 Å². The fourth-order valence-corrected chi connectivity index (χ4v) is 3.72. The predicted octanol–water partition coefficient (Wildman–Crippen LogP) is 2.63. The van der Waals surface area contributed by atoms with Gasteiger partial charge >= 0.3 is 0 Å². The Hall–Kier alpha value is -0.510. The van der Waals surface area contributed by atoms with E-state index < -0.39 is 0 Å². The molecule has 1 fully saturated rings. The van der Waals surface area contributed by atoms with Crippen molar-refractivity contribution in [2.24, 2.45) is 5.92 Å². The van der Waals surface area contributed by atoms with Crippen molar-refractivity contribution in [2.45, 2.75) is 13.0 Å². The minimum atomic E-state index is 0.459. The number of rotatable bonds is 5. The third kappa shape index (κ3) is 3.74. The van der Waals surface area contributed by atoms with Crippen LogP contribution < -0.4 is 5.32 Å². The van der Waals surface area contributed by atoms with E-state index in [-0.39, 0.29) is 0 Å². The Kier molecular flexibility index (Phi) is 5.54. The van der Waals surface area contributed by atoms with E-state index in [1.165, 1.54) is 36.7 Å². The van der Waals surface area contributed by atoms with Crippen molar-refractivity contribution in [1.29, 1.82) is 0 Å². The molecule has 0 aliphatic carbocycles. The van der Waals surface area contributed by atoms with Crippen LogP contribution in [0.3, 0.4) is 0 Å². The molecule has 1 aliphatic rings. The Balaban J connectivity index is 1.94. The van der Waals surface area contributed by atoms with Gasteiger partial charge in [0.2, 0.25) is 0 Å². The fourth-order valence-electron chi connectivity index (χ4n) is 2.74. The molecule has 3 heteroatoms. The first kappa shape index (κ1) is 13.9. The topological polar surface area (TPSA) is 15.3 Å². The summed E-state index contributed by atoms with van der Waals surface area (Å²) in [5.74, 6) is 3.23. The molecule has 0 radical (unpaired) electrons. The van der Waals surface area contributed by atoms with E-state index in [1.54, 1.807) is 0 Å². The van der Waals surface area contributed by atoms with E-state index in [9.17, 15) is 0 Å². The Morgan fingerprint density at radius 3 is 2.50 bits per heavy atom. The third-order valence-corrected chi connectivity index (χ3v) is 4.63. The molecule has 0 spiro atoms. The third-order valence-electron chi connectivity index (χ3n) is 3.69. The summed E-state index contributed by atoms with van der Waals surface area (Å²) in [7, 11) is 2.07. The minimum Gasteiger partial charge on any atom is -0.313 e. The zero-order chi connectivity index (χ0) is 12.8. The number of benzene rings is 1. The van der Waals surface area contributed by atoms with Crippen molar-refractivity contribution in [1.82, 2.24) is 10.2 Å². The zero-order valence-corrected chi connectivity index (χ0v) is 12.2. The molecule has 1 aliphatic heterocycles. The molecular formula is C15H24N2S. The second-order valence-electron chi connectivity index (χ2n) is 5.07. The van der Waals surface area contributed by atoms with Crippen molar-refractivity contribution in [3.05, 3.63) is 35.9 Å². The quantitative estimate of drug-likeness (QED) is 0.880. The lowest BCUT2D eigenvalue weighted by atomic mass is 9.94. The van der Waals surface area contributed by atoms with Gasteiger partial charge in [0.25, 0.3) is 0 Å². The van der Waals surface area contributed by atoms with Crippen molar-refractivity contribution >= 4 is 11.8 Å². The van der Waals surface area contributed by atoms with Crippen LogP contribution in [-0.4, -0.2) is 43.1 Å². The lowest BCUT2D eigenvalue weighted by molar-refractivity contribution is 0.231. The Morgan fingerprint density at radius 2 is 1.89 bits per heavy atom. The van der Waals surface area contributed by atoms with Gasteiger partial charge in [-0.15, -0.1) is 0 Å². The molecule has 0 bridgehead atoms. The SMILES string of the molecule is CN[C@@H](c1ccccc1)[C@@H](C)CN1CCSCC1. The Bertz CT molecular complexity index is 336. The van der Waals surface area contributed by atoms with E-state index >= 15 is 0 Å². The van der Waals surface area contributed by atoms with Crippen LogP contribution in [0.5, 0.6) is 0 Å². The molecule has 100 valence electrons. The predicted molar refractivity (Wildman–Crippen MR) is 81.2 cm³/mol. The second-order valence-corrected chi connectivity index (χ2v) is 6.29. The first-order chi connectivity index (χ1) is 8.81. The number of hydrogen-bond donors (Lipinski definition) is 1. The van der Waals surface area contributed by atoms with Crippen LogP contribution in [0.15, 0.2) is 30.3 Å². The molecule has 1 aromatic carbocycles. The first-order valence-electron chi connectivity index (χ1n) is 6.83. The van der Waals surface area contributed by atoms with Crippen LogP contribution in [0.2, 0.25) is 0 Å². The highest BCUT2D eigenvalue weighted by Gasteiger charge is 2.21. The van der Waals surface area contributed by atoms with Gasteiger partial charge in [0.05, 0.1) is 0 Å². The Morgan fingerprint density at radius 1 is 1.22 bits per heavy atom. The summed E-state index contributed by atoms with van der Waals surface area (Å²) >= 11 is 2.08. The maximum absolute atomic E-state index is 3.48. The number of hydrogen-bond acceptors (Lipinski definition) is 3. The maximum atomic E-state index is 3.48. The van der Waals surface area contributed by atoms with Gasteiger partial charge in [-0.25, -0.2) is 0 Å². The van der Waals surface area contributed by atoms with Gasteiger partial charge in [0, 0.05) is 37.2 Å². The minimum absolute atomic E-state index is 0.459. The monoisotopic (exact) mass is 264 g/mol. The molecule has 2 rings (SSSR count). The van der Waals surface area contributed by atoms with Gasteiger partial charge < -0.3 is 10.2 Å². The summed E-state index contributed by atoms with van der Waals surface area (Å²) in [6, 6.07) is 11.3. The van der Waals surface area contributed by atoms with Crippen LogP contribution in [-0.2, 0) is 0 Å². The Labute approximate surface area is 115 Å². The van der Waals surface area contributed by atoms with E-state index in [0.29, 0.717) is 12.0 Å². The van der Waals surface area contributed by atoms with E-state index in [2.05, 4.69) is 66.3 Å². The fraction of sp³-hybridized carbons (Fsp3) is 0.600. The van der Waals surface area contributed by atoms with Crippen LogP contribution in [0.1, 0.15) is 18.5 Å². The highest BCUT2D eigenvalue weighted by molar-refractivity contribution is 7.99. The largest absolute Gasteiger partial charge is 0.313 e. The van der Waals surface area contributed by atoms with E-state index in [4.69, 9.17) is 0 Å². The van der Waals surface area contributed by atoms with Crippen LogP contribution >= 0.6 is 11.8 Å². The summed E-state index contributed by atoms with van der Waals surface area (Å²) in [4.78, 5) is 2.61. The second kappa shape index (κ2) is 7.17. The number of nitrogens with zero attached hydrogens (tertiary/aromatic N) is 1. The molecule has 0 saturated carbocycles. The molecule has 1 saturated heterocycles. The zero-order valence-electron chi connectivity index (χ0n) is 11.4. The van der Waals surface area contributed by atoms with E-state index in [0.717, 1.165) is 0 Å². The number of thioether (sulfide) groups is 1. The van der Waals surface area contributed by atoms with Gasteiger partial charge in [0.1, 0.15) is 0 Å². The van der Waals surface area contributed by atoms with Gasteiger partial charge in [-0.3, -0.25) is 0 Å². The molecular weight excluding hydrogens is 240 g/mol.